The fourth-order valence-corrected chi connectivity index (χ4v) is 6.60. The maximum atomic E-state index is 13.8. The molecule has 0 saturated heterocycles. The van der Waals surface area contributed by atoms with Crippen LogP contribution in [0.4, 0.5) is 37.7 Å². The lowest BCUT2D eigenvalue weighted by atomic mass is 10.0. The zero-order valence-corrected chi connectivity index (χ0v) is 26.4. The summed E-state index contributed by atoms with van der Waals surface area (Å²) in [4.78, 5) is 14.5. The Kier molecular flexibility index (Phi) is 9.77. The van der Waals surface area contributed by atoms with Crippen molar-refractivity contribution in [1.82, 2.24) is 4.90 Å². The number of alkyl halides is 6. The normalized spacial score (nSPS) is 14.7. The Bertz CT molecular complexity index is 1760. The summed E-state index contributed by atoms with van der Waals surface area (Å²) in [5.41, 5.74) is -2.86. The zero-order valence-electron chi connectivity index (χ0n) is 24.8. The average molecular weight is 690 g/mol. The first-order valence-electron chi connectivity index (χ1n) is 13.8. The van der Waals surface area contributed by atoms with Crippen LogP contribution in [0.25, 0.3) is 12.2 Å². The van der Waals surface area contributed by atoms with Crippen molar-refractivity contribution in [3.05, 3.63) is 87.9 Å². The molecule has 0 aliphatic carbocycles. The third-order valence-corrected chi connectivity index (χ3v) is 10.1. The highest BCUT2D eigenvalue weighted by Gasteiger charge is 2.37. The number of halogens is 7. The largest absolute Gasteiger partial charge is 0.480 e. The second kappa shape index (κ2) is 12.8. The van der Waals surface area contributed by atoms with Crippen molar-refractivity contribution in [2.45, 2.75) is 36.6 Å². The van der Waals surface area contributed by atoms with Crippen LogP contribution in [0.2, 0.25) is 5.02 Å². The Balaban J connectivity index is 1.78. The van der Waals surface area contributed by atoms with Crippen molar-refractivity contribution in [3.8, 4) is 0 Å². The van der Waals surface area contributed by atoms with Gasteiger partial charge in [-0.1, -0.05) is 42.0 Å². The van der Waals surface area contributed by atoms with E-state index in [4.69, 9.17) is 11.6 Å². The second-order valence-electron chi connectivity index (χ2n) is 11.2. The molecule has 15 heteroatoms. The quantitative estimate of drug-likeness (QED) is 0.187. The zero-order chi connectivity index (χ0) is 34.2. The van der Waals surface area contributed by atoms with Crippen LogP contribution >= 0.6 is 11.6 Å². The number of hydrogen-bond donors (Lipinski definition) is 1. The molecule has 248 valence electrons. The highest BCUT2D eigenvalue weighted by molar-refractivity contribution is 7.92. The summed E-state index contributed by atoms with van der Waals surface area (Å²) >= 11 is 6.08. The minimum absolute atomic E-state index is 0.0844. The van der Waals surface area contributed by atoms with E-state index in [-0.39, 0.29) is 42.5 Å². The number of sulfonamides is 1. The molecule has 0 bridgehead atoms. The van der Waals surface area contributed by atoms with Crippen LogP contribution in [0.5, 0.6) is 0 Å². The van der Waals surface area contributed by atoms with Crippen LogP contribution in [0.3, 0.4) is 0 Å². The maximum Gasteiger partial charge on any atom is 0.417 e. The van der Waals surface area contributed by atoms with Gasteiger partial charge >= 0.3 is 18.3 Å². The number of carboxylic acid groups (broad SMARTS) is 1. The Labute approximate surface area is 267 Å². The number of fused-ring (bicyclic) bond motifs is 1. The number of carbonyl (C=O) groups is 1. The molecule has 1 aliphatic heterocycles. The van der Waals surface area contributed by atoms with E-state index < -0.39 is 49.9 Å². The number of benzene rings is 3. The van der Waals surface area contributed by atoms with E-state index >= 15 is 0 Å². The van der Waals surface area contributed by atoms with Gasteiger partial charge < -0.3 is 10.0 Å². The van der Waals surface area contributed by atoms with Crippen molar-refractivity contribution >= 4 is 51.1 Å². The molecule has 46 heavy (non-hydrogen) atoms. The molecule has 3 aromatic carbocycles. The average Bonchev–Trinajstić information content (AvgIpc) is 2.97. The van der Waals surface area contributed by atoms with E-state index in [0.717, 1.165) is 34.6 Å². The molecule has 0 amide bonds. The Morgan fingerprint density at radius 3 is 2.24 bits per heavy atom. The third kappa shape index (κ3) is 7.29. The molecule has 1 N–H and O–H groups in total. The summed E-state index contributed by atoms with van der Waals surface area (Å²) in [5, 5.41) is 9.42. The molecule has 3 aromatic rings. The molecule has 0 fully saturated rings. The first-order chi connectivity index (χ1) is 21.2. The summed E-state index contributed by atoms with van der Waals surface area (Å²) in [6, 6.07) is 11.2. The van der Waals surface area contributed by atoms with Gasteiger partial charge in [-0.3, -0.25) is 14.0 Å². The Hall–Kier alpha value is -3.75. The fourth-order valence-electron chi connectivity index (χ4n) is 4.85. The highest BCUT2D eigenvalue weighted by atomic mass is 35.5. The first-order valence-corrected chi connectivity index (χ1v) is 15.6. The molecule has 4 rings (SSSR count). The summed E-state index contributed by atoms with van der Waals surface area (Å²) < 4.78 is 110. The predicted molar refractivity (Wildman–Crippen MR) is 164 cm³/mol. The molecular weight excluding hydrogens is 660 g/mol. The van der Waals surface area contributed by atoms with Crippen molar-refractivity contribution in [1.29, 1.82) is 0 Å². The molecule has 0 aromatic heterocycles. The third-order valence-electron chi connectivity index (χ3n) is 7.91. The first kappa shape index (κ1) is 35.1. The number of hydrogen-bond acceptors (Lipinski definition) is 5. The molecule has 7 nitrogen and oxygen atoms in total. The maximum absolute atomic E-state index is 13.8. The minimum atomic E-state index is -4.79. The van der Waals surface area contributed by atoms with Gasteiger partial charge in [0.1, 0.15) is 5.54 Å². The van der Waals surface area contributed by atoms with Gasteiger partial charge in [0.15, 0.2) is 0 Å². The van der Waals surface area contributed by atoms with Gasteiger partial charge in [0.05, 0.1) is 33.9 Å². The van der Waals surface area contributed by atoms with Crippen molar-refractivity contribution in [2.24, 2.45) is 0 Å². The molecule has 0 unspecified atom stereocenters. The van der Waals surface area contributed by atoms with E-state index in [1.165, 1.54) is 38.1 Å². The lowest BCUT2D eigenvalue weighted by Crippen LogP contribution is -2.52. The topological polar surface area (TPSA) is 81.2 Å². The molecular formula is C31H30ClF6N3O4S. The standard InChI is InChI=1S/C31H30ClF6N3O4S/c1-29(2,28(42)43)39(3)14-15-40-16-17-41(46(44,45)22-7-4-6-21(19-22)30(33,34)35)27-18-20(11-13-26(27)40)10-12-23-24(31(36,37)38)8-5-9-25(23)32/h4-13,18-19H,14-17H2,1-3H3,(H,42,43)/b12-10+. The van der Waals surface area contributed by atoms with Crippen LogP contribution in [0, 0.1) is 0 Å². The number of likely N-dealkylation sites (N-methyl/N-ethyl adjacent to an activating group) is 1. The van der Waals surface area contributed by atoms with Gasteiger partial charge in [0, 0.05) is 30.2 Å². The van der Waals surface area contributed by atoms with Crippen LogP contribution in [0.1, 0.15) is 36.1 Å². The van der Waals surface area contributed by atoms with Crippen LogP contribution in [-0.2, 0) is 27.2 Å². The van der Waals surface area contributed by atoms with Crippen LogP contribution < -0.4 is 9.21 Å². The van der Waals surface area contributed by atoms with E-state index in [1.54, 1.807) is 24.1 Å². The molecule has 0 atom stereocenters. The monoisotopic (exact) mass is 689 g/mol. The van der Waals surface area contributed by atoms with Gasteiger partial charge in [0.25, 0.3) is 10.0 Å². The molecule has 1 aliphatic rings. The van der Waals surface area contributed by atoms with Gasteiger partial charge in [-0.2, -0.15) is 26.3 Å². The highest BCUT2D eigenvalue weighted by Crippen LogP contribution is 2.40. The lowest BCUT2D eigenvalue weighted by Gasteiger charge is -2.40. The number of aliphatic carboxylic acids is 1. The smallest absolute Gasteiger partial charge is 0.417 e. The minimum Gasteiger partial charge on any atom is -0.480 e. The number of rotatable bonds is 9. The lowest BCUT2D eigenvalue weighted by molar-refractivity contribution is -0.148. The van der Waals surface area contributed by atoms with E-state index in [9.17, 15) is 44.7 Å². The van der Waals surface area contributed by atoms with Crippen molar-refractivity contribution < 1.29 is 44.7 Å². The summed E-state index contributed by atoms with van der Waals surface area (Å²) in [6.07, 6.45) is -7.00. The van der Waals surface area contributed by atoms with Crippen LogP contribution in [-0.4, -0.2) is 63.2 Å². The molecule has 0 saturated carbocycles. The Morgan fingerprint density at radius 1 is 0.935 bits per heavy atom. The molecule has 0 spiro atoms. The number of anilines is 2. The van der Waals surface area contributed by atoms with Gasteiger partial charge in [-0.05, 0) is 68.9 Å². The van der Waals surface area contributed by atoms with E-state index in [0.29, 0.717) is 17.3 Å². The van der Waals surface area contributed by atoms with E-state index in [1.807, 2.05) is 4.90 Å². The second-order valence-corrected chi connectivity index (χ2v) is 13.4. The molecule has 1 heterocycles. The summed E-state index contributed by atoms with van der Waals surface area (Å²) in [7, 11) is -2.91. The summed E-state index contributed by atoms with van der Waals surface area (Å²) in [6.45, 7) is 3.54. The fraction of sp³-hybridized carbons (Fsp3) is 0.323. The van der Waals surface area contributed by atoms with Crippen molar-refractivity contribution in [3.63, 3.8) is 0 Å². The summed E-state index contributed by atoms with van der Waals surface area (Å²) in [5.74, 6) is -1.05. The van der Waals surface area contributed by atoms with Crippen molar-refractivity contribution in [2.75, 3.05) is 42.4 Å². The Morgan fingerprint density at radius 2 is 1.61 bits per heavy atom. The number of carboxylic acids is 1. The van der Waals surface area contributed by atoms with E-state index in [2.05, 4.69) is 0 Å². The van der Waals surface area contributed by atoms with Gasteiger partial charge in [-0.25, -0.2) is 8.42 Å². The number of nitrogens with zero attached hydrogens (tertiary/aromatic N) is 3. The van der Waals surface area contributed by atoms with Gasteiger partial charge in [-0.15, -0.1) is 0 Å². The SMILES string of the molecule is CN(CCN1CCN(S(=O)(=O)c2cccc(C(F)(F)F)c2)c2cc(/C=C/c3c(Cl)cccc3C(F)(F)F)ccc21)C(C)(C)C(=O)O. The van der Waals surface area contributed by atoms with Crippen LogP contribution in [0.15, 0.2) is 65.6 Å². The molecule has 0 radical (unpaired) electrons. The van der Waals surface area contributed by atoms with Gasteiger partial charge in [0.2, 0.25) is 0 Å². The predicted octanol–water partition coefficient (Wildman–Crippen LogP) is 7.36.